The first-order valence-electron chi connectivity index (χ1n) is 9.24. The molecular formula is C20H30O6. The minimum absolute atomic E-state index is 0.144. The van der Waals surface area contributed by atoms with Crippen molar-refractivity contribution in [2.45, 2.75) is 77.3 Å². The highest BCUT2D eigenvalue weighted by molar-refractivity contribution is 5.91. The van der Waals surface area contributed by atoms with E-state index in [1.54, 1.807) is 26.8 Å². The van der Waals surface area contributed by atoms with Gasteiger partial charge in [-0.25, -0.2) is 4.79 Å². The molecule has 0 spiro atoms. The topological polar surface area (TPSA) is 93.1 Å². The Labute approximate surface area is 154 Å². The van der Waals surface area contributed by atoms with Crippen LogP contribution in [0, 0.1) is 11.8 Å². The highest BCUT2D eigenvalue weighted by Gasteiger charge is 2.47. The van der Waals surface area contributed by atoms with E-state index in [9.17, 15) is 19.8 Å². The quantitative estimate of drug-likeness (QED) is 0.452. The first kappa shape index (κ1) is 20.6. The zero-order chi connectivity index (χ0) is 19.6. The predicted octanol–water partition coefficient (Wildman–Crippen LogP) is 2.28. The Morgan fingerprint density at radius 1 is 1.54 bits per heavy atom. The van der Waals surface area contributed by atoms with Crippen LogP contribution in [-0.4, -0.2) is 46.1 Å². The van der Waals surface area contributed by atoms with E-state index in [4.69, 9.17) is 9.47 Å². The molecule has 26 heavy (non-hydrogen) atoms. The Balaban J connectivity index is 2.42. The molecule has 1 saturated heterocycles. The third-order valence-electron chi connectivity index (χ3n) is 5.49. The number of aliphatic hydroxyl groups excluding tert-OH is 1. The van der Waals surface area contributed by atoms with Crippen LogP contribution >= 0.6 is 0 Å². The van der Waals surface area contributed by atoms with Crippen LogP contribution in [0.3, 0.4) is 0 Å². The second kappa shape index (κ2) is 7.92. The smallest absolute Gasteiger partial charge is 0.334 e. The summed E-state index contributed by atoms with van der Waals surface area (Å²) in [5.74, 6) is -1.76. The Kier molecular flexibility index (Phi) is 6.29. The van der Waals surface area contributed by atoms with Gasteiger partial charge >= 0.3 is 11.9 Å². The lowest BCUT2D eigenvalue weighted by Gasteiger charge is -2.34. The third-order valence-corrected chi connectivity index (χ3v) is 5.49. The van der Waals surface area contributed by atoms with Crippen molar-refractivity contribution in [3.8, 4) is 0 Å². The molecule has 6 nitrogen and oxygen atoms in total. The number of esters is 2. The van der Waals surface area contributed by atoms with E-state index in [1.807, 2.05) is 6.92 Å². The molecule has 0 bridgehead atoms. The number of fused-ring (bicyclic) bond motifs is 1. The molecular weight excluding hydrogens is 336 g/mol. The van der Waals surface area contributed by atoms with Crippen molar-refractivity contribution in [1.29, 1.82) is 0 Å². The van der Waals surface area contributed by atoms with Crippen molar-refractivity contribution in [2.75, 3.05) is 0 Å². The molecule has 1 aliphatic heterocycles. The summed E-state index contributed by atoms with van der Waals surface area (Å²) in [7, 11) is 0. The fraction of sp³-hybridized carbons (Fsp3) is 0.700. The summed E-state index contributed by atoms with van der Waals surface area (Å²) in [5.41, 5.74) is -0.269. The molecule has 6 heteroatoms. The largest absolute Gasteiger partial charge is 0.461 e. The molecule has 0 aromatic carbocycles. The molecule has 0 saturated carbocycles. The van der Waals surface area contributed by atoms with Crippen LogP contribution in [0.15, 0.2) is 23.8 Å². The van der Waals surface area contributed by atoms with Gasteiger partial charge < -0.3 is 19.7 Å². The van der Waals surface area contributed by atoms with Crippen molar-refractivity contribution in [1.82, 2.24) is 0 Å². The molecule has 6 atom stereocenters. The molecule has 0 aromatic heterocycles. The first-order valence-corrected chi connectivity index (χ1v) is 9.24. The van der Waals surface area contributed by atoms with E-state index in [1.165, 1.54) is 0 Å². The van der Waals surface area contributed by atoms with E-state index >= 15 is 0 Å². The van der Waals surface area contributed by atoms with Gasteiger partial charge in [0.15, 0.2) is 0 Å². The number of rotatable bonds is 3. The molecule has 1 fully saturated rings. The molecule has 0 aromatic rings. The van der Waals surface area contributed by atoms with E-state index < -0.39 is 35.8 Å². The molecule has 146 valence electrons. The monoisotopic (exact) mass is 366 g/mol. The van der Waals surface area contributed by atoms with Crippen LogP contribution in [0.5, 0.6) is 0 Å². The van der Waals surface area contributed by atoms with Crippen molar-refractivity contribution < 1.29 is 29.3 Å². The lowest BCUT2D eigenvalue weighted by Crippen LogP contribution is -2.41. The number of ether oxygens (including phenoxy) is 2. The maximum absolute atomic E-state index is 12.4. The number of hydrogen-bond acceptors (Lipinski definition) is 6. The van der Waals surface area contributed by atoms with Gasteiger partial charge in [-0.3, -0.25) is 4.79 Å². The van der Waals surface area contributed by atoms with Crippen LogP contribution in [0.1, 0.15) is 53.4 Å². The highest BCUT2D eigenvalue weighted by Crippen LogP contribution is 2.38. The first-order chi connectivity index (χ1) is 12.1. The van der Waals surface area contributed by atoms with Gasteiger partial charge in [-0.2, -0.15) is 0 Å². The summed E-state index contributed by atoms with van der Waals surface area (Å²) in [4.78, 5) is 24.5. The summed E-state index contributed by atoms with van der Waals surface area (Å²) in [5, 5.41) is 21.0. The van der Waals surface area contributed by atoms with Crippen molar-refractivity contribution in [3.63, 3.8) is 0 Å². The van der Waals surface area contributed by atoms with E-state index in [2.05, 4.69) is 6.58 Å². The average molecular weight is 366 g/mol. The summed E-state index contributed by atoms with van der Waals surface area (Å²) in [6, 6.07) is 0. The standard InChI is InChI=1S/C20H30O6/c1-6-11(2)18(22)26-16-10-20(5,24)8-7-14(21)12(3)9-15-17(16)13(4)19(23)25-15/h9,11,14-17,21,24H,4,6-8,10H2,1-3,5H3/b12-9-/t11-,14-,15+,16+,17-,20-/m0/s1. The Bertz CT molecular complexity index is 605. The van der Waals surface area contributed by atoms with Gasteiger partial charge in [-0.15, -0.1) is 0 Å². The molecule has 2 N–H and O–H groups in total. The van der Waals surface area contributed by atoms with E-state index in [0.29, 0.717) is 24.8 Å². The lowest BCUT2D eigenvalue weighted by atomic mass is 9.80. The molecule has 2 rings (SSSR count). The molecule has 1 heterocycles. The van der Waals surface area contributed by atoms with Gasteiger partial charge in [-0.1, -0.05) is 20.4 Å². The van der Waals surface area contributed by atoms with E-state index in [0.717, 1.165) is 0 Å². The number of aliphatic hydroxyl groups is 2. The maximum Gasteiger partial charge on any atom is 0.334 e. The molecule has 1 aliphatic carbocycles. The number of carbonyl (C=O) groups excluding carboxylic acids is 2. The van der Waals surface area contributed by atoms with Crippen LogP contribution in [0.2, 0.25) is 0 Å². The Morgan fingerprint density at radius 3 is 2.81 bits per heavy atom. The van der Waals surface area contributed by atoms with Crippen molar-refractivity contribution in [2.24, 2.45) is 11.8 Å². The minimum atomic E-state index is -1.16. The van der Waals surface area contributed by atoms with Gasteiger partial charge in [0.2, 0.25) is 0 Å². The second-order valence-electron chi connectivity index (χ2n) is 7.87. The SMILES string of the molecule is C=C1C(=O)O[C@@H]2/C=C(/C)[C@@H](O)CC[C@](C)(O)C[C@@H](OC(=O)[C@@H](C)CC)[C@@H]12. The molecule has 2 aliphatic rings. The van der Waals surface area contributed by atoms with Gasteiger partial charge in [0.05, 0.1) is 23.5 Å². The second-order valence-corrected chi connectivity index (χ2v) is 7.87. The predicted molar refractivity (Wildman–Crippen MR) is 96.1 cm³/mol. The normalized spacial score (nSPS) is 38.6. The summed E-state index contributed by atoms with van der Waals surface area (Å²) in [6.45, 7) is 10.9. The molecule has 0 radical (unpaired) electrons. The average Bonchev–Trinajstić information content (AvgIpc) is 2.84. The highest BCUT2D eigenvalue weighted by atomic mass is 16.6. The fourth-order valence-corrected chi connectivity index (χ4v) is 3.44. The third kappa shape index (κ3) is 4.54. The zero-order valence-corrected chi connectivity index (χ0v) is 16.0. The lowest BCUT2D eigenvalue weighted by molar-refractivity contribution is -0.160. The van der Waals surface area contributed by atoms with Gasteiger partial charge in [0.25, 0.3) is 0 Å². The van der Waals surface area contributed by atoms with Crippen LogP contribution in [-0.2, 0) is 19.1 Å². The molecule has 0 amide bonds. The Morgan fingerprint density at radius 2 is 2.19 bits per heavy atom. The van der Waals surface area contributed by atoms with E-state index in [-0.39, 0.29) is 23.9 Å². The zero-order valence-electron chi connectivity index (χ0n) is 16.0. The van der Waals surface area contributed by atoms with Crippen molar-refractivity contribution in [3.05, 3.63) is 23.8 Å². The van der Waals surface area contributed by atoms with Gasteiger partial charge in [-0.05, 0) is 44.8 Å². The van der Waals surface area contributed by atoms with Crippen LogP contribution in [0.25, 0.3) is 0 Å². The fourth-order valence-electron chi connectivity index (χ4n) is 3.44. The van der Waals surface area contributed by atoms with Crippen LogP contribution in [0.4, 0.5) is 0 Å². The molecule has 0 unspecified atom stereocenters. The number of carbonyl (C=O) groups is 2. The van der Waals surface area contributed by atoms with Crippen LogP contribution < -0.4 is 0 Å². The Hall–Kier alpha value is -1.66. The maximum atomic E-state index is 12.4. The van der Waals surface area contributed by atoms with Gasteiger partial charge in [0.1, 0.15) is 12.2 Å². The van der Waals surface area contributed by atoms with Crippen molar-refractivity contribution >= 4 is 11.9 Å². The van der Waals surface area contributed by atoms with Gasteiger partial charge in [0, 0.05) is 12.0 Å². The summed E-state index contributed by atoms with van der Waals surface area (Å²) >= 11 is 0. The summed E-state index contributed by atoms with van der Waals surface area (Å²) in [6.07, 6.45) is 1.07. The minimum Gasteiger partial charge on any atom is -0.461 e. The summed E-state index contributed by atoms with van der Waals surface area (Å²) < 4.78 is 11.1. The number of hydrogen-bond donors (Lipinski definition) is 2.